The van der Waals surface area contributed by atoms with Crippen LogP contribution in [0.1, 0.15) is 29.5 Å². The van der Waals surface area contributed by atoms with E-state index in [9.17, 15) is 20.1 Å². The van der Waals surface area contributed by atoms with Crippen LogP contribution in [0.3, 0.4) is 0 Å². The van der Waals surface area contributed by atoms with Gasteiger partial charge in [-0.2, -0.15) is 12.4 Å². The van der Waals surface area contributed by atoms with E-state index in [4.69, 9.17) is 9.47 Å². The van der Waals surface area contributed by atoms with Crippen molar-refractivity contribution in [2.24, 2.45) is 5.92 Å². The van der Waals surface area contributed by atoms with Gasteiger partial charge in [0.1, 0.15) is 5.78 Å². The Morgan fingerprint density at radius 2 is 1.52 bits per heavy atom. The van der Waals surface area contributed by atoms with Crippen molar-refractivity contribution in [3.05, 3.63) is 71.5 Å². The van der Waals surface area contributed by atoms with Crippen molar-refractivity contribution in [1.82, 2.24) is 4.98 Å². The van der Waals surface area contributed by atoms with Crippen molar-refractivity contribution < 1.29 is 29.6 Å². The van der Waals surface area contributed by atoms with Crippen LogP contribution >= 0.6 is 0 Å². The van der Waals surface area contributed by atoms with Crippen LogP contribution in [-0.2, 0) is 24.1 Å². The highest BCUT2D eigenvalue weighted by Gasteiger charge is 2.23. The largest absolute Gasteiger partial charge is 0.670 e. The van der Waals surface area contributed by atoms with Crippen LogP contribution < -0.4 is 14.5 Å². The molecule has 2 aromatic carbocycles. The second-order valence-corrected chi connectivity index (χ2v) is 8.16. The number of carbonyl (C=O) groups is 1. The zero-order valence-electron chi connectivity index (χ0n) is 18.9. The third-order valence-corrected chi connectivity index (χ3v) is 5.77. The summed E-state index contributed by atoms with van der Waals surface area (Å²) in [7, 11) is 2.97. The highest BCUT2D eigenvalue weighted by Crippen LogP contribution is 2.30. The lowest BCUT2D eigenvalue weighted by atomic mass is 9.86. The van der Waals surface area contributed by atoms with Crippen molar-refractivity contribution >= 4 is 5.78 Å². The Morgan fingerprint density at radius 3 is 2.12 bits per heavy atom. The average molecular weight is 453 g/mol. The molecule has 3 rings (SSSR count). The number of hydrogen-bond donors (Lipinski definition) is 3. The fraction of sp³-hybridized carbons (Fsp3) is 0.346. The number of aliphatic hydroxyl groups is 1. The molecule has 7 heteroatoms. The van der Waals surface area contributed by atoms with Gasteiger partial charge >= 0.3 is 0 Å². The van der Waals surface area contributed by atoms with Gasteiger partial charge in [0, 0.05) is 12.8 Å². The van der Waals surface area contributed by atoms with Crippen molar-refractivity contribution in [2.75, 3.05) is 14.2 Å². The van der Waals surface area contributed by atoms with Gasteiger partial charge < -0.3 is 29.8 Å². The number of Topliss-reactive ketones (excluding diaryl/α,β-unsaturated/α-hetero) is 1. The molecule has 0 aliphatic carbocycles. The van der Waals surface area contributed by atoms with Crippen molar-refractivity contribution in [3.63, 3.8) is 0 Å². The number of phenols is 2. The molecule has 0 amide bonds. The van der Waals surface area contributed by atoms with E-state index in [2.05, 4.69) is 4.98 Å². The number of ether oxygens (including phenoxy) is 2. The molecule has 3 N–H and O–H groups in total. The first-order valence-corrected chi connectivity index (χ1v) is 10.9. The minimum atomic E-state index is -0.832. The van der Waals surface area contributed by atoms with E-state index < -0.39 is 6.10 Å². The van der Waals surface area contributed by atoms with Gasteiger partial charge in [0.25, 0.3) is 0 Å². The molecule has 0 aliphatic heterocycles. The van der Waals surface area contributed by atoms with E-state index in [1.165, 1.54) is 14.2 Å². The Morgan fingerprint density at radius 1 is 0.909 bits per heavy atom. The molecule has 176 valence electrons. The summed E-state index contributed by atoms with van der Waals surface area (Å²) in [6, 6.07) is 12.0. The SMILES string of the molecule is COc1cc(CCC(=O)CC(O)C(Cc2cc[n-]c2)Cc2ccc(O)c(OC)c2)ccc1O. The molecule has 7 nitrogen and oxygen atoms in total. The molecule has 0 saturated heterocycles. The summed E-state index contributed by atoms with van der Waals surface area (Å²) >= 11 is 0. The predicted octanol–water partition coefficient (Wildman–Crippen LogP) is 3.43. The lowest BCUT2D eigenvalue weighted by Gasteiger charge is -2.23. The second kappa shape index (κ2) is 11.4. The first kappa shape index (κ1) is 24.2. The van der Waals surface area contributed by atoms with Gasteiger partial charge in [-0.15, -0.1) is 0 Å². The molecule has 0 aliphatic rings. The van der Waals surface area contributed by atoms with Gasteiger partial charge in [0.2, 0.25) is 0 Å². The van der Waals surface area contributed by atoms with E-state index >= 15 is 0 Å². The van der Waals surface area contributed by atoms with Crippen LogP contribution in [0.15, 0.2) is 54.9 Å². The maximum atomic E-state index is 12.6. The number of benzene rings is 2. The van der Waals surface area contributed by atoms with Crippen LogP contribution in [0.4, 0.5) is 0 Å². The summed E-state index contributed by atoms with van der Waals surface area (Å²) in [6.07, 6.45) is 4.55. The molecule has 1 aromatic heterocycles. The molecule has 33 heavy (non-hydrogen) atoms. The maximum Gasteiger partial charge on any atom is 0.160 e. The predicted molar refractivity (Wildman–Crippen MR) is 124 cm³/mol. The summed E-state index contributed by atoms with van der Waals surface area (Å²) in [4.78, 5) is 16.7. The lowest BCUT2D eigenvalue weighted by Crippen LogP contribution is -2.27. The van der Waals surface area contributed by atoms with Crippen LogP contribution in [0.2, 0.25) is 0 Å². The Hall–Kier alpha value is -3.45. The number of aryl methyl sites for hydroxylation is 1. The Balaban J connectivity index is 1.65. The molecule has 0 radical (unpaired) electrons. The summed E-state index contributed by atoms with van der Waals surface area (Å²) in [5.74, 6) is 0.603. The van der Waals surface area contributed by atoms with Crippen LogP contribution in [-0.4, -0.2) is 41.4 Å². The number of aromatic hydroxyl groups is 2. The number of carbonyl (C=O) groups excluding carboxylic acids is 1. The second-order valence-electron chi connectivity index (χ2n) is 8.16. The van der Waals surface area contributed by atoms with Gasteiger partial charge in [0.15, 0.2) is 23.0 Å². The third kappa shape index (κ3) is 6.76. The minimum absolute atomic E-state index is 0.0385. The third-order valence-electron chi connectivity index (χ3n) is 5.77. The number of nitrogens with zero attached hydrogens (tertiary/aromatic N) is 1. The molecule has 0 spiro atoms. The molecule has 0 fully saturated rings. The molecular formula is C26H30NO6-. The molecule has 2 atom stereocenters. The highest BCUT2D eigenvalue weighted by molar-refractivity contribution is 5.79. The highest BCUT2D eigenvalue weighted by atomic mass is 16.5. The van der Waals surface area contributed by atoms with E-state index in [1.807, 2.05) is 6.07 Å². The first-order valence-electron chi connectivity index (χ1n) is 10.9. The number of rotatable bonds is 12. The molecule has 3 aromatic rings. The van der Waals surface area contributed by atoms with Crippen LogP contribution in [0.5, 0.6) is 23.0 Å². The first-order chi connectivity index (χ1) is 15.9. The van der Waals surface area contributed by atoms with E-state index in [0.29, 0.717) is 30.8 Å². The van der Waals surface area contributed by atoms with Crippen LogP contribution in [0.25, 0.3) is 0 Å². The van der Waals surface area contributed by atoms with Crippen LogP contribution in [0, 0.1) is 5.92 Å². The topological polar surface area (TPSA) is 110 Å². The van der Waals surface area contributed by atoms with Gasteiger partial charge in [-0.05, 0) is 60.6 Å². The zero-order valence-corrected chi connectivity index (χ0v) is 18.9. The number of ketones is 1. The van der Waals surface area contributed by atoms with E-state index in [-0.39, 0.29) is 36.0 Å². The number of methoxy groups -OCH3 is 2. The Kier molecular flexibility index (Phi) is 8.38. The monoisotopic (exact) mass is 452 g/mol. The summed E-state index contributed by atoms with van der Waals surface area (Å²) in [5.41, 5.74) is 2.77. The Bertz CT molecular complexity index is 1050. The molecule has 1 heterocycles. The maximum absolute atomic E-state index is 12.6. The molecular weight excluding hydrogens is 422 g/mol. The number of phenolic OH excluding ortho intramolecular Hbond substituents is 2. The summed E-state index contributed by atoms with van der Waals surface area (Å²) in [6.45, 7) is 0. The van der Waals surface area contributed by atoms with E-state index in [1.54, 1.807) is 48.8 Å². The van der Waals surface area contributed by atoms with Crippen molar-refractivity contribution in [2.45, 2.75) is 38.2 Å². The van der Waals surface area contributed by atoms with Gasteiger partial charge in [-0.25, -0.2) is 0 Å². The minimum Gasteiger partial charge on any atom is -0.670 e. The summed E-state index contributed by atoms with van der Waals surface area (Å²) < 4.78 is 10.3. The standard InChI is InChI=1S/C26H30NO6/c1-32-25-13-17(4-7-22(25)29)3-6-21(28)15-24(31)20(12-19-9-10-27-16-19)11-18-5-8-23(30)26(14-18)33-2/h4-5,7-10,13-14,16,20,24,29-31H,3,6,11-12,15H2,1-2H3/q-1. The average Bonchev–Trinajstić information content (AvgIpc) is 3.32. The number of hydrogen-bond acceptors (Lipinski definition) is 6. The fourth-order valence-electron chi connectivity index (χ4n) is 3.90. The normalized spacial score (nSPS) is 12.8. The smallest absolute Gasteiger partial charge is 0.160 e. The van der Waals surface area contributed by atoms with Crippen molar-refractivity contribution in [1.29, 1.82) is 0 Å². The van der Waals surface area contributed by atoms with Gasteiger partial charge in [0.05, 0.1) is 20.3 Å². The quantitative estimate of drug-likeness (QED) is 0.386. The lowest BCUT2D eigenvalue weighted by molar-refractivity contribution is -0.121. The number of aliphatic hydroxyl groups excluding tert-OH is 1. The zero-order chi connectivity index (χ0) is 23.8. The summed E-state index contributed by atoms with van der Waals surface area (Å²) in [5, 5.41) is 30.5. The van der Waals surface area contributed by atoms with Crippen molar-refractivity contribution in [3.8, 4) is 23.0 Å². The number of aromatic nitrogens is 1. The van der Waals surface area contributed by atoms with E-state index in [0.717, 1.165) is 16.7 Å². The Labute approximate surface area is 193 Å². The molecule has 0 saturated carbocycles. The van der Waals surface area contributed by atoms with Gasteiger partial charge in [-0.3, -0.25) is 4.79 Å². The molecule has 2 unspecified atom stereocenters. The fourth-order valence-corrected chi connectivity index (χ4v) is 3.90. The molecule has 0 bridgehead atoms. The van der Waals surface area contributed by atoms with Gasteiger partial charge in [-0.1, -0.05) is 23.8 Å².